The predicted octanol–water partition coefficient (Wildman–Crippen LogP) is 1.21. The topological polar surface area (TPSA) is 64.8 Å². The van der Waals surface area contributed by atoms with Gasteiger partial charge in [-0.15, -0.1) is 0 Å². The Morgan fingerprint density at radius 1 is 1.53 bits per heavy atom. The van der Waals surface area contributed by atoms with E-state index in [1.165, 1.54) is 7.11 Å². The quantitative estimate of drug-likeness (QED) is 0.758. The summed E-state index contributed by atoms with van der Waals surface area (Å²) in [7, 11) is 1.38. The number of fused-ring (bicyclic) bond motifs is 1. The Morgan fingerprint density at radius 3 is 3.26 bits per heavy atom. The molecule has 0 bridgehead atoms. The molecule has 1 fully saturated rings. The molecule has 2 aromatic heterocycles. The van der Waals surface area contributed by atoms with Gasteiger partial charge in [-0.3, -0.25) is 0 Å². The first-order valence-corrected chi connectivity index (χ1v) is 6.05. The number of aromatic nitrogens is 1. The molecule has 1 saturated heterocycles. The van der Waals surface area contributed by atoms with E-state index in [0.29, 0.717) is 19.8 Å². The summed E-state index contributed by atoms with van der Waals surface area (Å²) in [6.45, 7) is 1.46. The standard InChI is InChI=1S/C13H14N2O4/c1-17-13(16)10-8-18-7-5-15(10)12-9-3-6-19-11(9)2-4-14-12/h2-4,6,10H,5,7-8H2,1H3. The van der Waals surface area contributed by atoms with Crippen molar-refractivity contribution >= 4 is 22.8 Å². The number of hydrogen-bond acceptors (Lipinski definition) is 6. The fraction of sp³-hybridized carbons (Fsp3) is 0.385. The number of ether oxygens (including phenoxy) is 2. The summed E-state index contributed by atoms with van der Waals surface area (Å²) in [4.78, 5) is 18.1. The summed E-state index contributed by atoms with van der Waals surface area (Å²) in [5.41, 5.74) is 0.750. The fourth-order valence-electron chi connectivity index (χ4n) is 2.30. The highest BCUT2D eigenvalue weighted by Gasteiger charge is 2.32. The van der Waals surface area contributed by atoms with Crippen LogP contribution in [0.2, 0.25) is 0 Å². The third-order valence-electron chi connectivity index (χ3n) is 3.23. The maximum Gasteiger partial charge on any atom is 0.330 e. The minimum Gasteiger partial charge on any atom is -0.467 e. The Balaban J connectivity index is 2.02. The van der Waals surface area contributed by atoms with Crippen molar-refractivity contribution in [1.29, 1.82) is 0 Å². The van der Waals surface area contributed by atoms with Crippen LogP contribution in [0.4, 0.5) is 5.82 Å². The highest BCUT2D eigenvalue weighted by atomic mass is 16.5. The van der Waals surface area contributed by atoms with Gasteiger partial charge in [0, 0.05) is 12.7 Å². The Morgan fingerprint density at radius 2 is 2.42 bits per heavy atom. The molecular weight excluding hydrogens is 248 g/mol. The molecule has 1 unspecified atom stereocenters. The zero-order chi connectivity index (χ0) is 13.2. The van der Waals surface area contributed by atoms with Crippen LogP contribution in [0, 0.1) is 0 Å². The molecule has 0 amide bonds. The number of esters is 1. The molecule has 0 aromatic carbocycles. The second kappa shape index (κ2) is 4.89. The van der Waals surface area contributed by atoms with Gasteiger partial charge < -0.3 is 18.8 Å². The zero-order valence-corrected chi connectivity index (χ0v) is 10.5. The number of carbonyl (C=O) groups excluding carboxylic acids is 1. The summed E-state index contributed by atoms with van der Waals surface area (Å²) in [6, 6.07) is 3.18. The number of furan rings is 1. The summed E-state index contributed by atoms with van der Waals surface area (Å²) in [5, 5.41) is 0.887. The smallest absolute Gasteiger partial charge is 0.330 e. The van der Waals surface area contributed by atoms with Crippen molar-refractivity contribution in [2.24, 2.45) is 0 Å². The van der Waals surface area contributed by atoms with E-state index in [9.17, 15) is 4.79 Å². The Kier molecular flexibility index (Phi) is 3.08. The number of carbonyl (C=O) groups is 1. The van der Waals surface area contributed by atoms with E-state index in [1.807, 2.05) is 11.0 Å². The van der Waals surface area contributed by atoms with Crippen molar-refractivity contribution in [3.8, 4) is 0 Å². The number of morpholine rings is 1. The van der Waals surface area contributed by atoms with Gasteiger partial charge in [-0.05, 0) is 12.1 Å². The van der Waals surface area contributed by atoms with Crippen LogP contribution >= 0.6 is 0 Å². The lowest BCUT2D eigenvalue weighted by Crippen LogP contribution is -2.51. The van der Waals surface area contributed by atoms with Gasteiger partial charge in [0.1, 0.15) is 11.4 Å². The maximum atomic E-state index is 11.8. The first-order chi connectivity index (χ1) is 9.31. The van der Waals surface area contributed by atoms with Gasteiger partial charge >= 0.3 is 5.97 Å². The number of nitrogens with zero attached hydrogens (tertiary/aromatic N) is 2. The van der Waals surface area contributed by atoms with Crippen LogP contribution in [0.15, 0.2) is 29.0 Å². The van der Waals surface area contributed by atoms with Crippen molar-refractivity contribution in [3.63, 3.8) is 0 Å². The Bertz CT molecular complexity index is 595. The number of rotatable bonds is 2. The predicted molar refractivity (Wildman–Crippen MR) is 68.0 cm³/mol. The van der Waals surface area contributed by atoms with Crippen molar-refractivity contribution in [2.75, 3.05) is 31.8 Å². The molecule has 1 atom stereocenters. The van der Waals surface area contributed by atoms with Gasteiger partial charge in [-0.2, -0.15) is 0 Å². The number of pyridine rings is 1. The summed E-state index contributed by atoms with van der Waals surface area (Å²) >= 11 is 0. The first-order valence-electron chi connectivity index (χ1n) is 6.05. The molecule has 1 aliphatic heterocycles. The highest BCUT2D eigenvalue weighted by molar-refractivity contribution is 5.91. The molecule has 2 aromatic rings. The van der Waals surface area contributed by atoms with Crippen LogP contribution in [0.1, 0.15) is 0 Å². The van der Waals surface area contributed by atoms with Crippen LogP contribution in [-0.4, -0.2) is 43.9 Å². The zero-order valence-electron chi connectivity index (χ0n) is 10.5. The number of methoxy groups -OCH3 is 1. The van der Waals surface area contributed by atoms with Crippen LogP contribution in [0.5, 0.6) is 0 Å². The largest absolute Gasteiger partial charge is 0.467 e. The average Bonchev–Trinajstić information content (AvgIpc) is 2.94. The van der Waals surface area contributed by atoms with E-state index in [4.69, 9.17) is 13.9 Å². The molecule has 0 radical (unpaired) electrons. The van der Waals surface area contributed by atoms with Crippen molar-refractivity contribution in [2.45, 2.75) is 6.04 Å². The average molecular weight is 262 g/mol. The van der Waals surface area contributed by atoms with E-state index >= 15 is 0 Å². The molecule has 19 heavy (non-hydrogen) atoms. The molecule has 0 saturated carbocycles. The van der Waals surface area contributed by atoms with Gasteiger partial charge in [-0.1, -0.05) is 0 Å². The lowest BCUT2D eigenvalue weighted by atomic mass is 10.2. The second-order valence-electron chi connectivity index (χ2n) is 4.27. The first kappa shape index (κ1) is 12.0. The Hall–Kier alpha value is -2.08. The van der Waals surface area contributed by atoms with Gasteiger partial charge in [0.25, 0.3) is 0 Å². The van der Waals surface area contributed by atoms with E-state index in [2.05, 4.69) is 4.98 Å². The van der Waals surface area contributed by atoms with Crippen LogP contribution in [-0.2, 0) is 14.3 Å². The van der Waals surface area contributed by atoms with Gasteiger partial charge in [0.2, 0.25) is 0 Å². The SMILES string of the molecule is COC(=O)C1COCCN1c1nccc2occc12. The third-order valence-corrected chi connectivity index (χ3v) is 3.23. The molecule has 0 aliphatic carbocycles. The van der Waals surface area contributed by atoms with Crippen LogP contribution in [0.3, 0.4) is 0 Å². The van der Waals surface area contributed by atoms with E-state index in [-0.39, 0.29) is 5.97 Å². The molecule has 0 N–H and O–H groups in total. The monoisotopic (exact) mass is 262 g/mol. The summed E-state index contributed by atoms with van der Waals surface area (Å²) in [6.07, 6.45) is 3.29. The van der Waals surface area contributed by atoms with E-state index < -0.39 is 6.04 Å². The van der Waals surface area contributed by atoms with Gasteiger partial charge in [0.05, 0.1) is 32.0 Å². The normalized spacial score (nSPS) is 19.6. The minimum absolute atomic E-state index is 0.308. The molecule has 0 spiro atoms. The molecule has 6 heteroatoms. The van der Waals surface area contributed by atoms with Crippen molar-refractivity contribution < 1.29 is 18.7 Å². The molecule has 1 aliphatic rings. The van der Waals surface area contributed by atoms with E-state index in [1.54, 1.807) is 18.5 Å². The maximum absolute atomic E-state index is 11.8. The molecule has 3 heterocycles. The second-order valence-corrected chi connectivity index (χ2v) is 4.27. The van der Waals surface area contributed by atoms with E-state index in [0.717, 1.165) is 16.8 Å². The lowest BCUT2D eigenvalue weighted by molar-refractivity contribution is -0.144. The lowest BCUT2D eigenvalue weighted by Gasteiger charge is -2.34. The van der Waals surface area contributed by atoms with Crippen molar-refractivity contribution in [1.82, 2.24) is 4.98 Å². The third kappa shape index (κ3) is 2.04. The van der Waals surface area contributed by atoms with Gasteiger partial charge in [0.15, 0.2) is 6.04 Å². The number of anilines is 1. The fourth-order valence-corrected chi connectivity index (χ4v) is 2.30. The van der Waals surface area contributed by atoms with Gasteiger partial charge in [-0.25, -0.2) is 9.78 Å². The Labute approximate surface area is 109 Å². The van der Waals surface area contributed by atoms with Crippen molar-refractivity contribution in [3.05, 3.63) is 24.6 Å². The van der Waals surface area contributed by atoms with Crippen LogP contribution in [0.25, 0.3) is 11.0 Å². The molecular formula is C13H14N2O4. The molecule has 100 valence electrons. The number of hydrogen-bond donors (Lipinski definition) is 0. The highest BCUT2D eigenvalue weighted by Crippen LogP contribution is 2.27. The summed E-state index contributed by atoms with van der Waals surface area (Å²) < 4.78 is 15.5. The minimum atomic E-state index is -0.466. The summed E-state index contributed by atoms with van der Waals surface area (Å²) in [5.74, 6) is 0.409. The molecule has 6 nitrogen and oxygen atoms in total. The molecule has 3 rings (SSSR count). The van der Waals surface area contributed by atoms with Crippen LogP contribution < -0.4 is 4.90 Å².